The molecule has 0 radical (unpaired) electrons. The highest BCUT2D eigenvalue weighted by atomic mass is 35.5. The molecule has 0 amide bonds. The second kappa shape index (κ2) is 8.87. The van der Waals surface area contributed by atoms with E-state index < -0.39 is 32.1 Å². The van der Waals surface area contributed by atoms with Gasteiger partial charge in [-0.2, -0.15) is 0 Å². The van der Waals surface area contributed by atoms with Crippen molar-refractivity contribution in [2.75, 3.05) is 19.8 Å². The van der Waals surface area contributed by atoms with Crippen molar-refractivity contribution >= 4 is 26.9 Å². The first-order valence-corrected chi connectivity index (χ1v) is 12.7. The first kappa shape index (κ1) is 24.0. The molecule has 2 rings (SSSR count). The lowest BCUT2D eigenvalue weighted by Crippen LogP contribution is -2.44. The van der Waals surface area contributed by atoms with Crippen LogP contribution in [0.2, 0.25) is 5.02 Å². The third-order valence-corrected chi connectivity index (χ3v) is 9.32. The Labute approximate surface area is 172 Å². The average molecular weight is 454 g/mol. The highest BCUT2D eigenvalue weighted by Crippen LogP contribution is 2.69. The van der Waals surface area contributed by atoms with Crippen molar-refractivity contribution in [2.45, 2.75) is 52.9 Å². The third-order valence-electron chi connectivity index (χ3n) is 4.43. The minimum absolute atomic E-state index is 0.173. The van der Waals surface area contributed by atoms with Gasteiger partial charge in [0.2, 0.25) is 0 Å². The second-order valence-corrected chi connectivity index (χ2v) is 12.6. The van der Waals surface area contributed by atoms with Gasteiger partial charge in [-0.15, -0.1) is 0 Å². The van der Waals surface area contributed by atoms with Crippen LogP contribution in [0.15, 0.2) is 24.3 Å². The van der Waals surface area contributed by atoms with E-state index in [2.05, 4.69) is 5.09 Å². The molecule has 1 saturated heterocycles. The van der Waals surface area contributed by atoms with E-state index in [1.54, 1.807) is 39.8 Å². The zero-order valence-corrected chi connectivity index (χ0v) is 19.8. The van der Waals surface area contributed by atoms with Crippen LogP contribution in [0.5, 0.6) is 0 Å². The van der Waals surface area contributed by atoms with E-state index in [4.69, 9.17) is 29.7 Å². The Morgan fingerprint density at radius 3 is 2.29 bits per heavy atom. The number of hydrogen-bond donors (Lipinski definition) is 1. The molecule has 2 unspecified atom stereocenters. The van der Waals surface area contributed by atoms with Crippen molar-refractivity contribution in [2.24, 2.45) is 5.41 Å². The van der Waals surface area contributed by atoms with Crippen LogP contribution in [0.4, 0.5) is 0 Å². The van der Waals surface area contributed by atoms with E-state index in [1.807, 2.05) is 26.0 Å². The minimum atomic E-state index is -3.75. The molecule has 1 heterocycles. The summed E-state index contributed by atoms with van der Waals surface area (Å²) in [6.07, 6.45) is -0.496. The van der Waals surface area contributed by atoms with Gasteiger partial charge in [-0.25, -0.2) is 9.65 Å². The molecule has 1 N–H and O–H groups in total. The molecule has 1 fully saturated rings. The van der Waals surface area contributed by atoms with Crippen LogP contribution in [0, 0.1) is 5.41 Å². The van der Waals surface area contributed by atoms with Crippen molar-refractivity contribution in [1.29, 1.82) is 0 Å². The summed E-state index contributed by atoms with van der Waals surface area (Å²) in [6.45, 7) is 11.1. The van der Waals surface area contributed by atoms with Crippen molar-refractivity contribution in [1.82, 2.24) is 5.09 Å². The maximum Gasteiger partial charge on any atom is 0.406 e. The normalized spacial score (nSPS) is 25.6. The average Bonchev–Trinajstić information content (AvgIpc) is 2.58. The van der Waals surface area contributed by atoms with Crippen molar-refractivity contribution in [3.8, 4) is 0 Å². The predicted molar refractivity (Wildman–Crippen MR) is 111 cm³/mol. The van der Waals surface area contributed by atoms with Crippen molar-refractivity contribution in [3.05, 3.63) is 34.9 Å². The van der Waals surface area contributed by atoms with Gasteiger partial charge in [-0.1, -0.05) is 37.6 Å². The Bertz CT molecular complexity index is 758. The lowest BCUT2D eigenvalue weighted by Gasteiger charge is -2.46. The zero-order valence-electron chi connectivity index (χ0n) is 17.2. The van der Waals surface area contributed by atoms with Gasteiger partial charge in [0.25, 0.3) is 0 Å². The molecule has 1 aliphatic heterocycles. The molecular formula is C18H30ClNO6P2. The molecule has 1 aromatic rings. The molecule has 0 saturated carbocycles. The van der Waals surface area contributed by atoms with Gasteiger partial charge in [-0.3, -0.25) is 18.1 Å². The van der Waals surface area contributed by atoms with Crippen molar-refractivity contribution in [3.63, 3.8) is 0 Å². The summed E-state index contributed by atoms with van der Waals surface area (Å²) in [5.41, 5.74) is 0.410. The second-order valence-electron chi connectivity index (χ2n) is 7.80. The summed E-state index contributed by atoms with van der Waals surface area (Å²) in [4.78, 5) is 0. The molecule has 10 heteroatoms. The predicted octanol–water partition coefficient (Wildman–Crippen LogP) is 6.15. The topological polar surface area (TPSA) is 83.1 Å². The van der Waals surface area contributed by atoms with E-state index in [1.165, 1.54) is 0 Å². The molecule has 0 aromatic heterocycles. The molecule has 0 bridgehead atoms. The quantitative estimate of drug-likeness (QED) is 0.472. The van der Waals surface area contributed by atoms with E-state index in [0.717, 1.165) is 5.56 Å². The van der Waals surface area contributed by atoms with Gasteiger partial charge in [0, 0.05) is 10.4 Å². The number of benzene rings is 1. The van der Waals surface area contributed by atoms with Crippen LogP contribution in [0.3, 0.4) is 0 Å². The zero-order chi connectivity index (χ0) is 21.2. The van der Waals surface area contributed by atoms with Crippen LogP contribution in [0.25, 0.3) is 0 Å². The maximum atomic E-state index is 13.7. The fourth-order valence-corrected chi connectivity index (χ4v) is 7.29. The molecule has 28 heavy (non-hydrogen) atoms. The van der Waals surface area contributed by atoms with E-state index in [-0.39, 0.29) is 19.8 Å². The van der Waals surface area contributed by atoms with E-state index >= 15 is 0 Å². The van der Waals surface area contributed by atoms with Gasteiger partial charge < -0.3 is 4.52 Å². The van der Waals surface area contributed by atoms with Gasteiger partial charge in [-0.05, 0) is 45.4 Å². The van der Waals surface area contributed by atoms with Gasteiger partial charge >= 0.3 is 15.3 Å². The largest absolute Gasteiger partial charge is 0.406 e. The van der Waals surface area contributed by atoms with Crippen LogP contribution in [0.1, 0.15) is 53.2 Å². The fraction of sp³-hybridized carbons (Fsp3) is 0.667. The molecule has 1 aliphatic rings. The SMILES string of the molecule is CCOP(=O)(NC(C)(C)P1(=O)OCC(C)(C)C(c2ccc(Cl)cc2)O1)OCC. The molecule has 0 aliphatic carbocycles. The lowest BCUT2D eigenvalue weighted by molar-refractivity contribution is -0.0334. The summed E-state index contributed by atoms with van der Waals surface area (Å²) in [5, 5.41) is 2.06. The summed E-state index contributed by atoms with van der Waals surface area (Å²) in [6, 6.07) is 7.21. The van der Waals surface area contributed by atoms with Crippen LogP contribution in [-0.2, 0) is 27.2 Å². The van der Waals surface area contributed by atoms with E-state index in [0.29, 0.717) is 5.02 Å². The fourth-order valence-electron chi connectivity index (χ4n) is 2.92. The van der Waals surface area contributed by atoms with Crippen LogP contribution < -0.4 is 5.09 Å². The van der Waals surface area contributed by atoms with Crippen molar-refractivity contribution < 1.29 is 27.2 Å². The Morgan fingerprint density at radius 2 is 1.79 bits per heavy atom. The number of rotatable bonds is 8. The Kier molecular flexibility index (Phi) is 7.62. The van der Waals surface area contributed by atoms with E-state index in [9.17, 15) is 9.13 Å². The molecular weight excluding hydrogens is 424 g/mol. The summed E-state index contributed by atoms with van der Waals surface area (Å²) >= 11 is 5.99. The third kappa shape index (κ3) is 5.27. The Morgan fingerprint density at radius 1 is 1.25 bits per heavy atom. The Hall–Kier alpha value is -0.230. The standard InChI is InChI=1S/C18H30ClNO6P2/c1-7-23-28(22,24-8-2)20-18(5,6)27(21)25-13-17(3,4)16(26-27)14-9-11-15(19)12-10-14/h9-12,16H,7-8,13H2,1-6H3,(H,20,22). The lowest BCUT2D eigenvalue weighted by atomic mass is 9.83. The minimum Gasteiger partial charge on any atom is -0.307 e. The molecule has 1 aromatic carbocycles. The summed E-state index contributed by atoms with van der Waals surface area (Å²) in [5.74, 6) is 0. The van der Waals surface area contributed by atoms with Gasteiger partial charge in [0.05, 0.1) is 25.9 Å². The molecule has 2 atom stereocenters. The number of nitrogens with one attached hydrogen (secondary N) is 1. The number of halogens is 1. The number of hydrogen-bond acceptors (Lipinski definition) is 6. The van der Waals surface area contributed by atoms with Gasteiger partial charge in [0.1, 0.15) is 5.28 Å². The summed E-state index contributed by atoms with van der Waals surface area (Å²) < 4.78 is 49.0. The molecule has 7 nitrogen and oxygen atoms in total. The van der Waals surface area contributed by atoms with Crippen LogP contribution in [-0.4, -0.2) is 25.1 Å². The first-order valence-electron chi connectivity index (χ1n) is 9.25. The smallest absolute Gasteiger partial charge is 0.307 e. The van der Waals surface area contributed by atoms with Crippen LogP contribution >= 0.6 is 26.9 Å². The monoisotopic (exact) mass is 453 g/mol. The highest BCUT2D eigenvalue weighted by molar-refractivity contribution is 7.58. The maximum absolute atomic E-state index is 13.7. The van der Waals surface area contributed by atoms with Gasteiger partial charge in [0.15, 0.2) is 0 Å². The first-order chi connectivity index (χ1) is 12.9. The molecule has 0 spiro atoms. The Balaban J connectivity index is 2.34. The highest BCUT2D eigenvalue weighted by Gasteiger charge is 2.55. The summed E-state index contributed by atoms with van der Waals surface area (Å²) in [7, 11) is -7.43. The molecule has 160 valence electrons.